The summed E-state index contributed by atoms with van der Waals surface area (Å²) in [5.74, 6) is 0.510. The first-order valence-corrected chi connectivity index (χ1v) is 7.09. The molecule has 4 nitrogen and oxygen atoms in total. The van der Waals surface area contributed by atoms with Crippen LogP contribution in [0.4, 0.5) is 10.1 Å². The second kappa shape index (κ2) is 5.73. The molecule has 0 saturated heterocycles. The van der Waals surface area contributed by atoms with E-state index in [1.165, 1.54) is 18.2 Å². The van der Waals surface area contributed by atoms with Gasteiger partial charge in [0, 0.05) is 16.2 Å². The van der Waals surface area contributed by atoms with Gasteiger partial charge < -0.3 is 14.8 Å². The van der Waals surface area contributed by atoms with Crippen molar-refractivity contribution in [2.75, 3.05) is 18.5 Å². The topological polar surface area (TPSA) is 47.6 Å². The van der Waals surface area contributed by atoms with Gasteiger partial charge in [-0.3, -0.25) is 4.79 Å². The number of anilines is 1. The molecule has 0 radical (unpaired) electrons. The van der Waals surface area contributed by atoms with Gasteiger partial charge in [0.1, 0.15) is 19.0 Å². The van der Waals surface area contributed by atoms with Gasteiger partial charge in [-0.1, -0.05) is 0 Å². The zero-order chi connectivity index (χ0) is 14.8. The first kappa shape index (κ1) is 13.9. The van der Waals surface area contributed by atoms with Crippen molar-refractivity contribution in [3.63, 3.8) is 0 Å². The van der Waals surface area contributed by atoms with Crippen molar-refractivity contribution >= 4 is 27.5 Å². The Morgan fingerprint density at radius 2 is 1.86 bits per heavy atom. The molecule has 6 heteroatoms. The number of fused-ring (bicyclic) bond motifs is 1. The average Bonchev–Trinajstić information content (AvgIpc) is 2.47. The molecule has 1 heterocycles. The van der Waals surface area contributed by atoms with E-state index in [1.807, 2.05) is 0 Å². The second-order valence-electron chi connectivity index (χ2n) is 4.44. The number of nitrogens with one attached hydrogen (secondary N) is 1. The van der Waals surface area contributed by atoms with Crippen molar-refractivity contribution in [1.29, 1.82) is 0 Å². The fourth-order valence-electron chi connectivity index (χ4n) is 1.99. The number of benzene rings is 2. The quantitative estimate of drug-likeness (QED) is 0.898. The molecule has 1 aliphatic rings. The number of carbonyl (C=O) groups is 1. The molecule has 0 aliphatic carbocycles. The van der Waals surface area contributed by atoms with Crippen LogP contribution in [0.5, 0.6) is 11.5 Å². The zero-order valence-corrected chi connectivity index (χ0v) is 12.4. The van der Waals surface area contributed by atoms with Crippen LogP contribution in [0, 0.1) is 5.82 Å². The number of halogens is 2. The van der Waals surface area contributed by atoms with Crippen LogP contribution in [0.2, 0.25) is 0 Å². The average molecular weight is 352 g/mol. The molecule has 1 amide bonds. The van der Waals surface area contributed by atoms with E-state index in [9.17, 15) is 9.18 Å². The maximum atomic E-state index is 13.0. The van der Waals surface area contributed by atoms with Crippen LogP contribution >= 0.6 is 15.9 Å². The van der Waals surface area contributed by atoms with Crippen molar-refractivity contribution < 1.29 is 18.7 Å². The lowest BCUT2D eigenvalue weighted by atomic mass is 10.2. The highest BCUT2D eigenvalue weighted by molar-refractivity contribution is 9.10. The number of hydrogen-bond acceptors (Lipinski definition) is 3. The minimum Gasteiger partial charge on any atom is -0.486 e. The molecule has 0 saturated carbocycles. The van der Waals surface area contributed by atoms with Crippen LogP contribution in [0.25, 0.3) is 0 Å². The van der Waals surface area contributed by atoms with E-state index in [0.717, 1.165) is 0 Å². The van der Waals surface area contributed by atoms with Gasteiger partial charge in [-0.05, 0) is 46.3 Å². The first-order chi connectivity index (χ1) is 10.1. The standard InChI is InChI=1S/C15H11BrFNO3/c16-12-7-9(17)1-3-11(12)15(19)18-10-2-4-13-14(8-10)21-6-5-20-13/h1-4,7-8H,5-6H2,(H,18,19). The highest BCUT2D eigenvalue weighted by Crippen LogP contribution is 2.32. The van der Waals surface area contributed by atoms with Gasteiger partial charge >= 0.3 is 0 Å². The summed E-state index contributed by atoms with van der Waals surface area (Å²) < 4.78 is 24.3. The van der Waals surface area contributed by atoms with Gasteiger partial charge in [0.2, 0.25) is 0 Å². The van der Waals surface area contributed by atoms with Gasteiger partial charge in [0.15, 0.2) is 11.5 Å². The van der Waals surface area contributed by atoms with E-state index in [-0.39, 0.29) is 5.91 Å². The Kier molecular flexibility index (Phi) is 3.79. The van der Waals surface area contributed by atoms with Crippen LogP contribution in [-0.2, 0) is 0 Å². The second-order valence-corrected chi connectivity index (χ2v) is 5.29. The van der Waals surface area contributed by atoms with E-state index in [2.05, 4.69) is 21.2 Å². The molecule has 2 aromatic carbocycles. The largest absolute Gasteiger partial charge is 0.486 e. The summed E-state index contributed by atoms with van der Waals surface area (Å²) in [5.41, 5.74) is 0.937. The molecule has 108 valence electrons. The molecule has 0 bridgehead atoms. The zero-order valence-electron chi connectivity index (χ0n) is 10.9. The molecule has 1 N–H and O–H groups in total. The molecule has 0 unspecified atom stereocenters. The van der Waals surface area contributed by atoms with E-state index in [0.29, 0.717) is 40.4 Å². The number of amides is 1. The first-order valence-electron chi connectivity index (χ1n) is 6.29. The van der Waals surface area contributed by atoms with E-state index in [4.69, 9.17) is 9.47 Å². The lowest BCUT2D eigenvalue weighted by Crippen LogP contribution is -2.16. The van der Waals surface area contributed by atoms with Crippen molar-refractivity contribution in [2.24, 2.45) is 0 Å². The Morgan fingerprint density at radius 1 is 1.10 bits per heavy atom. The van der Waals surface area contributed by atoms with E-state index in [1.54, 1.807) is 18.2 Å². The molecule has 0 spiro atoms. The van der Waals surface area contributed by atoms with Gasteiger partial charge in [-0.2, -0.15) is 0 Å². The lowest BCUT2D eigenvalue weighted by molar-refractivity contribution is 0.102. The Morgan fingerprint density at radius 3 is 2.62 bits per heavy atom. The summed E-state index contributed by atoms with van der Waals surface area (Å²) in [6.45, 7) is 0.995. The third kappa shape index (κ3) is 3.00. The number of hydrogen-bond donors (Lipinski definition) is 1. The Bertz CT molecular complexity index is 705. The fraction of sp³-hybridized carbons (Fsp3) is 0.133. The Labute approximate surface area is 129 Å². The fourth-order valence-corrected chi connectivity index (χ4v) is 2.52. The third-order valence-corrected chi connectivity index (χ3v) is 3.63. The molecule has 21 heavy (non-hydrogen) atoms. The van der Waals surface area contributed by atoms with Crippen LogP contribution in [0.3, 0.4) is 0 Å². The normalized spacial score (nSPS) is 12.9. The summed E-state index contributed by atoms with van der Waals surface area (Å²) in [7, 11) is 0. The summed E-state index contributed by atoms with van der Waals surface area (Å²) in [4.78, 5) is 12.2. The lowest BCUT2D eigenvalue weighted by Gasteiger charge is -2.19. The molecule has 2 aromatic rings. The SMILES string of the molecule is O=C(Nc1ccc2c(c1)OCCO2)c1ccc(F)cc1Br. The Hall–Kier alpha value is -2.08. The Balaban J connectivity index is 1.81. The van der Waals surface area contributed by atoms with Gasteiger partial charge in [0.25, 0.3) is 5.91 Å². The highest BCUT2D eigenvalue weighted by Gasteiger charge is 2.15. The minimum absolute atomic E-state index is 0.335. The number of carbonyl (C=O) groups excluding carboxylic acids is 1. The van der Waals surface area contributed by atoms with Crippen LogP contribution in [0.15, 0.2) is 40.9 Å². The molecule has 0 aromatic heterocycles. The summed E-state index contributed by atoms with van der Waals surface area (Å²) >= 11 is 3.18. The summed E-state index contributed by atoms with van der Waals surface area (Å²) in [6.07, 6.45) is 0. The minimum atomic E-state index is -0.405. The molecular formula is C15H11BrFNO3. The molecule has 1 aliphatic heterocycles. The van der Waals surface area contributed by atoms with Crippen molar-refractivity contribution in [1.82, 2.24) is 0 Å². The number of rotatable bonds is 2. The number of ether oxygens (including phenoxy) is 2. The summed E-state index contributed by atoms with van der Waals surface area (Å²) in [6, 6.07) is 9.07. The van der Waals surface area contributed by atoms with Crippen molar-refractivity contribution in [3.05, 3.63) is 52.3 Å². The molecule has 0 fully saturated rings. The summed E-state index contributed by atoms with van der Waals surface area (Å²) in [5, 5.41) is 2.74. The predicted molar refractivity (Wildman–Crippen MR) is 79.5 cm³/mol. The van der Waals surface area contributed by atoms with Crippen LogP contribution in [0.1, 0.15) is 10.4 Å². The maximum absolute atomic E-state index is 13.0. The van der Waals surface area contributed by atoms with Gasteiger partial charge in [-0.15, -0.1) is 0 Å². The van der Waals surface area contributed by atoms with E-state index >= 15 is 0 Å². The third-order valence-electron chi connectivity index (χ3n) is 2.98. The van der Waals surface area contributed by atoms with Crippen molar-refractivity contribution in [3.8, 4) is 11.5 Å². The van der Waals surface area contributed by atoms with Crippen molar-refractivity contribution in [2.45, 2.75) is 0 Å². The molecule has 0 atom stereocenters. The van der Waals surface area contributed by atoms with E-state index < -0.39 is 5.82 Å². The van der Waals surface area contributed by atoms with Gasteiger partial charge in [-0.25, -0.2) is 4.39 Å². The van der Waals surface area contributed by atoms with Crippen LogP contribution in [-0.4, -0.2) is 19.1 Å². The smallest absolute Gasteiger partial charge is 0.256 e. The highest BCUT2D eigenvalue weighted by atomic mass is 79.9. The van der Waals surface area contributed by atoms with Crippen LogP contribution < -0.4 is 14.8 Å². The maximum Gasteiger partial charge on any atom is 0.256 e. The van der Waals surface area contributed by atoms with Gasteiger partial charge in [0.05, 0.1) is 5.56 Å². The monoisotopic (exact) mass is 351 g/mol. The molecular weight excluding hydrogens is 341 g/mol. The predicted octanol–water partition coefficient (Wildman–Crippen LogP) is 3.61. The molecule has 3 rings (SSSR count).